The fourth-order valence-electron chi connectivity index (χ4n) is 12.2. The van der Waals surface area contributed by atoms with E-state index in [-0.39, 0.29) is 55.1 Å². The fourth-order valence-corrected chi connectivity index (χ4v) is 12.2. The Balaban J connectivity index is 3.27. The Bertz CT molecular complexity index is 1460. The van der Waals surface area contributed by atoms with E-state index in [9.17, 15) is 9.59 Å². The molecule has 3 rings (SSSR count). The van der Waals surface area contributed by atoms with Crippen LogP contribution in [-0.2, 0) is 36.7 Å². The number of carbonyl (C=O) groups is 2. The van der Waals surface area contributed by atoms with Crippen molar-refractivity contribution in [3.63, 3.8) is 0 Å². The minimum absolute atomic E-state index is 0.174. The summed E-state index contributed by atoms with van der Waals surface area (Å²) in [5.41, 5.74) is 4.92. The molecule has 1 heterocycles. The van der Waals surface area contributed by atoms with E-state index in [2.05, 4.69) is 166 Å². The molecular weight excluding hydrogens is 587 g/mol. The van der Waals surface area contributed by atoms with Crippen molar-refractivity contribution < 1.29 is 9.59 Å². The highest BCUT2D eigenvalue weighted by Gasteiger charge is 2.80. The minimum Gasteiger partial charge on any atom is -0.269 e. The van der Waals surface area contributed by atoms with Crippen molar-refractivity contribution in [2.45, 2.75) is 199 Å². The number of imide groups is 1. The summed E-state index contributed by atoms with van der Waals surface area (Å²) in [5, 5.41) is 0. The summed E-state index contributed by atoms with van der Waals surface area (Å²) in [6.45, 7) is 57.6. The molecule has 0 N–H and O–H groups in total. The fraction of sp³-hybridized carbons (Fsp3) is 0.778. The molecule has 3 nitrogen and oxygen atoms in total. The van der Waals surface area contributed by atoms with Crippen molar-refractivity contribution in [2.24, 2.45) is 27.1 Å². The van der Waals surface area contributed by atoms with Crippen LogP contribution in [0.5, 0.6) is 0 Å². The topological polar surface area (TPSA) is 37.4 Å². The molecule has 0 bridgehead atoms. The molecule has 0 radical (unpaired) electrons. The van der Waals surface area contributed by atoms with Crippen LogP contribution in [0.3, 0.4) is 0 Å². The number of rotatable bonds is 1. The second-order valence-electron chi connectivity index (χ2n) is 23.6. The van der Waals surface area contributed by atoms with Crippen molar-refractivity contribution >= 4 is 11.8 Å². The highest BCUT2D eigenvalue weighted by Crippen LogP contribution is 2.83. The maximum atomic E-state index is 14.4. The first-order valence-electron chi connectivity index (χ1n) is 18.6. The van der Waals surface area contributed by atoms with Gasteiger partial charge in [-0.05, 0) is 76.7 Å². The zero-order valence-corrected chi connectivity index (χ0v) is 36.0. The summed E-state index contributed by atoms with van der Waals surface area (Å²) in [5.74, 6) is -0.386. The Kier molecular flexibility index (Phi) is 9.12. The van der Waals surface area contributed by atoms with Crippen LogP contribution >= 0.6 is 0 Å². The molecule has 0 fully saturated rings. The zero-order chi connectivity index (χ0) is 38.2. The van der Waals surface area contributed by atoms with E-state index >= 15 is 0 Å². The summed E-state index contributed by atoms with van der Waals surface area (Å²) in [4.78, 5) is 30.5. The number of carbonyl (C=O) groups excluding carboxylic acids is 2. The lowest BCUT2D eigenvalue weighted by atomic mass is 9.32. The number of hydrogen-bond donors (Lipinski definition) is 0. The van der Waals surface area contributed by atoms with Gasteiger partial charge in [-0.15, -0.1) is 0 Å². The Labute approximate surface area is 297 Å². The maximum absolute atomic E-state index is 14.4. The SMILES string of the molecule is CC(C)(C)c1c2c(c(C(C)(C)C)c(C(C)(C)C)c1C(C)(C)C)C(C(C)(C)C)(C(C)(C)C)C(C(C)(C)C)(C(C)(C)C)[C@H]2N1C(=O)C=CC1=O. The van der Waals surface area contributed by atoms with Gasteiger partial charge < -0.3 is 0 Å². The molecule has 0 saturated carbocycles. The van der Waals surface area contributed by atoms with Crippen LogP contribution in [0, 0.1) is 27.1 Å². The molecule has 0 aromatic heterocycles. The van der Waals surface area contributed by atoms with Gasteiger partial charge in [0, 0.05) is 23.0 Å². The third-order valence-corrected chi connectivity index (χ3v) is 11.9. The number of benzene rings is 1. The molecule has 1 aromatic carbocycles. The van der Waals surface area contributed by atoms with Crippen molar-refractivity contribution in [3.8, 4) is 0 Å². The van der Waals surface area contributed by atoms with Crippen molar-refractivity contribution in [1.82, 2.24) is 4.90 Å². The van der Waals surface area contributed by atoms with E-state index in [1.54, 1.807) is 4.90 Å². The molecule has 2 amide bonds. The average molecular weight is 662 g/mol. The Morgan fingerprint density at radius 2 is 0.729 bits per heavy atom. The van der Waals surface area contributed by atoms with Crippen molar-refractivity contribution in [1.29, 1.82) is 0 Å². The highest BCUT2D eigenvalue weighted by molar-refractivity contribution is 6.13. The van der Waals surface area contributed by atoms with Crippen LogP contribution in [0.2, 0.25) is 0 Å². The third-order valence-electron chi connectivity index (χ3n) is 11.9. The predicted octanol–water partition coefficient (Wildman–Crippen LogP) is 12.3. The monoisotopic (exact) mass is 662 g/mol. The number of nitrogens with zero attached hydrogens (tertiary/aromatic N) is 1. The minimum atomic E-state index is -0.602. The van der Waals surface area contributed by atoms with Gasteiger partial charge in [-0.25, -0.2) is 0 Å². The van der Waals surface area contributed by atoms with E-state index in [0.717, 1.165) is 0 Å². The molecule has 1 atom stereocenters. The van der Waals surface area contributed by atoms with Gasteiger partial charge in [-0.3, -0.25) is 14.5 Å². The zero-order valence-electron chi connectivity index (χ0n) is 36.0. The van der Waals surface area contributed by atoms with Crippen molar-refractivity contribution in [2.75, 3.05) is 0 Å². The van der Waals surface area contributed by atoms with Gasteiger partial charge in [0.15, 0.2) is 0 Å². The summed E-state index contributed by atoms with van der Waals surface area (Å²) >= 11 is 0. The van der Waals surface area contributed by atoms with Crippen LogP contribution in [0.15, 0.2) is 12.2 Å². The first kappa shape index (κ1) is 40.5. The molecular formula is C45H75NO2. The highest BCUT2D eigenvalue weighted by atomic mass is 16.2. The van der Waals surface area contributed by atoms with Crippen LogP contribution in [0.1, 0.15) is 206 Å². The predicted molar refractivity (Wildman–Crippen MR) is 207 cm³/mol. The summed E-state index contributed by atoms with van der Waals surface area (Å²) in [7, 11) is 0. The first-order valence-corrected chi connectivity index (χ1v) is 18.6. The molecule has 48 heavy (non-hydrogen) atoms. The van der Waals surface area contributed by atoms with Gasteiger partial charge >= 0.3 is 0 Å². The van der Waals surface area contributed by atoms with E-state index in [0.29, 0.717) is 0 Å². The van der Waals surface area contributed by atoms with Crippen LogP contribution in [0.4, 0.5) is 0 Å². The van der Waals surface area contributed by atoms with Gasteiger partial charge in [-0.2, -0.15) is 0 Å². The lowest BCUT2D eigenvalue weighted by molar-refractivity contribution is -0.213. The normalized spacial score (nSPS) is 21.0. The smallest absolute Gasteiger partial charge is 0.254 e. The Morgan fingerprint density at radius 3 is 0.979 bits per heavy atom. The quantitative estimate of drug-likeness (QED) is 0.281. The van der Waals surface area contributed by atoms with Gasteiger partial charge in [0.05, 0.1) is 6.04 Å². The van der Waals surface area contributed by atoms with E-state index in [1.165, 1.54) is 45.5 Å². The molecule has 0 unspecified atom stereocenters. The number of hydrogen-bond acceptors (Lipinski definition) is 2. The maximum Gasteiger partial charge on any atom is 0.254 e. The largest absolute Gasteiger partial charge is 0.269 e. The molecule has 1 aromatic rings. The lowest BCUT2D eigenvalue weighted by Crippen LogP contribution is -2.70. The summed E-state index contributed by atoms with van der Waals surface area (Å²) in [6, 6.07) is -0.480. The molecule has 272 valence electrons. The van der Waals surface area contributed by atoms with E-state index < -0.39 is 16.9 Å². The van der Waals surface area contributed by atoms with E-state index in [1.807, 2.05) is 0 Å². The molecule has 1 aliphatic carbocycles. The average Bonchev–Trinajstić information content (AvgIpc) is 3.25. The van der Waals surface area contributed by atoms with Gasteiger partial charge in [0.2, 0.25) is 0 Å². The first-order chi connectivity index (χ1) is 20.8. The van der Waals surface area contributed by atoms with Crippen LogP contribution in [-0.4, -0.2) is 16.7 Å². The van der Waals surface area contributed by atoms with Crippen LogP contribution < -0.4 is 0 Å². The molecule has 0 saturated heterocycles. The number of fused-ring (bicyclic) bond motifs is 1. The lowest BCUT2D eigenvalue weighted by Gasteiger charge is -2.72. The number of amides is 2. The second kappa shape index (κ2) is 10.8. The molecule has 2 aliphatic rings. The van der Waals surface area contributed by atoms with Gasteiger partial charge in [0.25, 0.3) is 11.8 Å². The molecule has 1 aliphatic heterocycles. The van der Waals surface area contributed by atoms with Gasteiger partial charge in [0.1, 0.15) is 0 Å². The van der Waals surface area contributed by atoms with Crippen LogP contribution in [0.25, 0.3) is 0 Å². The Morgan fingerprint density at radius 1 is 0.438 bits per heavy atom. The third kappa shape index (κ3) is 5.32. The van der Waals surface area contributed by atoms with Crippen molar-refractivity contribution in [3.05, 3.63) is 45.5 Å². The standard InChI is InChI=1S/C45H75NO2/c1-36(2,3)30-29-31(33(38(7,8)9)34(39(10,11)12)32(30)37(4,5)6)44(40(13,14)15,41(16,17)18)45(42(19,20)21,43(22,23)24)35(29)46-27(47)25-26-28(46)48/h25-26,35H,1-24H3/t35-/m0/s1. The molecule has 3 heteroatoms. The van der Waals surface area contributed by atoms with E-state index in [4.69, 9.17) is 0 Å². The molecule has 0 spiro atoms. The summed E-state index contributed by atoms with van der Waals surface area (Å²) in [6.07, 6.45) is 3.03. The Hall–Kier alpha value is -1.90. The summed E-state index contributed by atoms with van der Waals surface area (Å²) < 4.78 is 0. The van der Waals surface area contributed by atoms with Gasteiger partial charge in [-0.1, -0.05) is 166 Å². The second-order valence-corrected chi connectivity index (χ2v) is 23.6.